The second-order valence-corrected chi connectivity index (χ2v) is 5.93. The fourth-order valence-corrected chi connectivity index (χ4v) is 2.54. The normalized spacial score (nSPS) is 17.3. The Kier molecular flexibility index (Phi) is 2.42. The van der Waals surface area contributed by atoms with Crippen LogP contribution in [0.1, 0.15) is 18.4 Å². The van der Waals surface area contributed by atoms with Crippen LogP contribution in [0.2, 0.25) is 0 Å². The fourth-order valence-electron chi connectivity index (χ4n) is 2.16. The van der Waals surface area contributed by atoms with Crippen molar-refractivity contribution in [3.05, 3.63) is 40.4 Å². The van der Waals surface area contributed by atoms with Gasteiger partial charge in [-0.3, -0.25) is 0 Å². The van der Waals surface area contributed by atoms with E-state index in [1.54, 1.807) is 0 Å². The zero-order valence-electron chi connectivity index (χ0n) is 9.41. The quantitative estimate of drug-likeness (QED) is 0.891. The molecule has 0 spiro atoms. The van der Waals surface area contributed by atoms with Crippen molar-refractivity contribution in [2.75, 3.05) is 0 Å². The van der Waals surface area contributed by atoms with E-state index in [4.69, 9.17) is 5.73 Å². The molecule has 88 valence electrons. The Morgan fingerprint density at radius 2 is 1.94 bits per heavy atom. The summed E-state index contributed by atoms with van der Waals surface area (Å²) in [6.45, 7) is 0. The van der Waals surface area contributed by atoms with E-state index >= 15 is 0 Å². The second-order valence-electron chi connectivity index (χ2n) is 5.01. The summed E-state index contributed by atoms with van der Waals surface area (Å²) < 4.78 is 1.05. The lowest BCUT2D eigenvalue weighted by atomic mass is 10.00. The summed E-state index contributed by atoms with van der Waals surface area (Å²) in [6.07, 6.45) is 2.88. The number of benzene rings is 2. The lowest BCUT2D eigenvalue weighted by Gasteiger charge is -2.11. The molecule has 0 bridgehead atoms. The van der Waals surface area contributed by atoms with Crippen LogP contribution in [0.25, 0.3) is 10.8 Å². The molecule has 0 radical (unpaired) electrons. The predicted octanol–water partition coefficient (Wildman–Crippen LogP) is 3.34. The third kappa shape index (κ3) is 2.17. The maximum Gasteiger partial charge on any atom is 0.119 e. The zero-order valence-corrected chi connectivity index (χ0v) is 11.0. The topological polar surface area (TPSA) is 46.2 Å². The molecule has 0 aliphatic heterocycles. The van der Waals surface area contributed by atoms with Crippen LogP contribution in [-0.2, 0) is 6.42 Å². The van der Waals surface area contributed by atoms with Gasteiger partial charge in [0.1, 0.15) is 5.75 Å². The number of phenolic OH excluding ortho intramolecular Hbond substituents is 1. The van der Waals surface area contributed by atoms with Crippen molar-refractivity contribution in [1.82, 2.24) is 0 Å². The van der Waals surface area contributed by atoms with E-state index in [0.717, 1.165) is 40.1 Å². The molecule has 2 nitrogen and oxygen atoms in total. The molecule has 1 aliphatic rings. The first-order chi connectivity index (χ1) is 8.06. The van der Waals surface area contributed by atoms with Crippen molar-refractivity contribution in [1.29, 1.82) is 0 Å². The van der Waals surface area contributed by atoms with Gasteiger partial charge in [-0.15, -0.1) is 0 Å². The number of hydrogen-bond acceptors (Lipinski definition) is 2. The molecule has 17 heavy (non-hydrogen) atoms. The van der Waals surface area contributed by atoms with Gasteiger partial charge in [0.15, 0.2) is 0 Å². The minimum absolute atomic E-state index is 0.0723. The van der Waals surface area contributed by atoms with Crippen LogP contribution in [0.3, 0.4) is 0 Å². The number of fused-ring (bicyclic) bond motifs is 1. The number of phenols is 1. The highest BCUT2D eigenvalue weighted by molar-refractivity contribution is 9.10. The van der Waals surface area contributed by atoms with Gasteiger partial charge in [0, 0.05) is 10.0 Å². The van der Waals surface area contributed by atoms with E-state index in [-0.39, 0.29) is 5.54 Å². The summed E-state index contributed by atoms with van der Waals surface area (Å²) in [7, 11) is 0. The van der Waals surface area contributed by atoms with Gasteiger partial charge < -0.3 is 10.8 Å². The highest BCUT2D eigenvalue weighted by Crippen LogP contribution is 2.38. The summed E-state index contributed by atoms with van der Waals surface area (Å²) in [5, 5.41) is 12.2. The van der Waals surface area contributed by atoms with Gasteiger partial charge >= 0.3 is 0 Å². The zero-order chi connectivity index (χ0) is 12.0. The van der Waals surface area contributed by atoms with Crippen LogP contribution in [-0.4, -0.2) is 10.6 Å². The summed E-state index contributed by atoms with van der Waals surface area (Å²) in [6, 6.07) is 9.91. The summed E-state index contributed by atoms with van der Waals surface area (Å²) in [4.78, 5) is 0. The predicted molar refractivity (Wildman–Crippen MR) is 73.2 cm³/mol. The summed E-state index contributed by atoms with van der Waals surface area (Å²) in [5.41, 5.74) is 6.98. The minimum atomic E-state index is -0.0723. The first-order valence-electron chi connectivity index (χ1n) is 5.76. The van der Waals surface area contributed by atoms with Gasteiger partial charge in [-0.2, -0.15) is 0 Å². The van der Waals surface area contributed by atoms with Crippen molar-refractivity contribution in [2.45, 2.75) is 24.8 Å². The number of rotatable bonds is 2. The van der Waals surface area contributed by atoms with Gasteiger partial charge in [0.25, 0.3) is 0 Å². The third-order valence-corrected chi connectivity index (χ3v) is 3.93. The maximum atomic E-state index is 10.0. The molecule has 3 N–H and O–H groups in total. The monoisotopic (exact) mass is 291 g/mol. The number of nitrogens with two attached hydrogens (primary N) is 1. The van der Waals surface area contributed by atoms with Crippen LogP contribution in [0.15, 0.2) is 34.8 Å². The largest absolute Gasteiger partial charge is 0.508 e. The summed E-state index contributed by atoms with van der Waals surface area (Å²) >= 11 is 3.46. The highest BCUT2D eigenvalue weighted by Gasteiger charge is 2.38. The Hall–Kier alpha value is -1.06. The second kappa shape index (κ2) is 3.72. The van der Waals surface area contributed by atoms with Crippen LogP contribution in [0, 0.1) is 0 Å². The SMILES string of the molecule is NC1(Cc2cc3cc(Br)ccc3cc2O)CC1. The average Bonchev–Trinajstić information content (AvgIpc) is 2.98. The molecule has 0 heterocycles. The molecule has 2 aromatic rings. The molecule has 0 aromatic heterocycles. The van der Waals surface area contributed by atoms with Crippen LogP contribution in [0.5, 0.6) is 5.75 Å². The van der Waals surface area contributed by atoms with Crippen LogP contribution >= 0.6 is 15.9 Å². The molecular weight excluding hydrogens is 278 g/mol. The molecule has 3 heteroatoms. The van der Waals surface area contributed by atoms with Gasteiger partial charge in [0.2, 0.25) is 0 Å². The third-order valence-electron chi connectivity index (χ3n) is 3.43. The molecule has 1 saturated carbocycles. The van der Waals surface area contributed by atoms with E-state index in [1.807, 2.05) is 24.3 Å². The van der Waals surface area contributed by atoms with Gasteiger partial charge in [0.05, 0.1) is 0 Å². The van der Waals surface area contributed by atoms with Crippen LogP contribution in [0.4, 0.5) is 0 Å². The first kappa shape index (κ1) is 11.1. The van der Waals surface area contributed by atoms with E-state index < -0.39 is 0 Å². The molecule has 2 aromatic carbocycles. The lowest BCUT2D eigenvalue weighted by molar-refractivity contribution is 0.464. The molecule has 1 fully saturated rings. The van der Waals surface area contributed by atoms with E-state index in [0.29, 0.717) is 5.75 Å². The number of halogens is 1. The Balaban J connectivity index is 2.08. The number of hydrogen-bond donors (Lipinski definition) is 2. The Bertz CT molecular complexity index is 590. The number of aromatic hydroxyl groups is 1. The molecular formula is C14H14BrNO. The van der Waals surface area contributed by atoms with Crippen molar-refractivity contribution in [3.63, 3.8) is 0 Å². The van der Waals surface area contributed by atoms with Crippen molar-refractivity contribution in [2.24, 2.45) is 5.73 Å². The van der Waals surface area contributed by atoms with Crippen molar-refractivity contribution in [3.8, 4) is 5.75 Å². The Labute approximate surface area is 109 Å². The van der Waals surface area contributed by atoms with Gasteiger partial charge in [-0.25, -0.2) is 0 Å². The van der Waals surface area contributed by atoms with Crippen LogP contribution < -0.4 is 5.73 Å². The van der Waals surface area contributed by atoms with E-state index in [9.17, 15) is 5.11 Å². The molecule has 0 amide bonds. The van der Waals surface area contributed by atoms with Gasteiger partial charge in [-0.05, 0) is 59.9 Å². The fraction of sp³-hybridized carbons (Fsp3) is 0.286. The molecule has 3 rings (SSSR count). The summed E-state index contributed by atoms with van der Waals surface area (Å²) in [5.74, 6) is 0.358. The first-order valence-corrected chi connectivity index (χ1v) is 6.55. The Morgan fingerprint density at radius 1 is 1.18 bits per heavy atom. The van der Waals surface area contributed by atoms with Crippen molar-refractivity contribution >= 4 is 26.7 Å². The maximum absolute atomic E-state index is 10.0. The van der Waals surface area contributed by atoms with E-state index in [2.05, 4.69) is 22.0 Å². The van der Waals surface area contributed by atoms with Gasteiger partial charge in [-0.1, -0.05) is 22.0 Å². The molecule has 0 atom stereocenters. The van der Waals surface area contributed by atoms with E-state index in [1.165, 1.54) is 0 Å². The van der Waals surface area contributed by atoms with Crippen molar-refractivity contribution < 1.29 is 5.11 Å². The average molecular weight is 292 g/mol. The highest BCUT2D eigenvalue weighted by atomic mass is 79.9. The molecule has 1 aliphatic carbocycles. The minimum Gasteiger partial charge on any atom is -0.508 e. The Morgan fingerprint density at radius 3 is 2.65 bits per heavy atom. The molecule has 0 saturated heterocycles. The lowest BCUT2D eigenvalue weighted by Crippen LogP contribution is -2.24. The smallest absolute Gasteiger partial charge is 0.119 e. The molecule has 0 unspecified atom stereocenters. The standard InChI is InChI=1S/C14H14BrNO/c15-12-2-1-9-7-13(17)11(5-10(9)6-12)8-14(16)3-4-14/h1-2,5-7,17H,3-4,8,16H2.